The van der Waals surface area contributed by atoms with Gasteiger partial charge in [0.15, 0.2) is 0 Å². The van der Waals surface area contributed by atoms with Crippen molar-refractivity contribution in [1.29, 1.82) is 0 Å². The minimum absolute atomic E-state index is 0.201. The molecule has 30 heavy (non-hydrogen) atoms. The van der Waals surface area contributed by atoms with Gasteiger partial charge >= 0.3 is 0 Å². The summed E-state index contributed by atoms with van der Waals surface area (Å²) in [4.78, 5) is 20.2. The van der Waals surface area contributed by atoms with E-state index in [2.05, 4.69) is 15.3 Å². The van der Waals surface area contributed by atoms with Crippen molar-refractivity contribution >= 4 is 33.5 Å². The quantitative estimate of drug-likeness (QED) is 0.444. The highest BCUT2D eigenvalue weighted by atomic mass is 16.5. The van der Waals surface area contributed by atoms with Crippen LogP contribution in [0.1, 0.15) is 16.1 Å². The summed E-state index contributed by atoms with van der Waals surface area (Å²) >= 11 is 0. The number of aryl methyl sites for hydroxylation is 1. The number of amides is 1. The topological polar surface area (TPSA) is 71.9 Å². The molecule has 0 saturated carbocycles. The van der Waals surface area contributed by atoms with E-state index >= 15 is 0 Å². The van der Waals surface area contributed by atoms with E-state index in [4.69, 9.17) is 4.74 Å². The molecule has 2 heterocycles. The number of benzene rings is 3. The molecule has 0 fully saturated rings. The molecule has 148 valence electrons. The number of carbonyl (C=O) groups is 1. The summed E-state index contributed by atoms with van der Waals surface area (Å²) in [5.41, 5.74) is 5.01. The zero-order valence-electron chi connectivity index (χ0n) is 16.4. The molecule has 5 aromatic rings. The third-order valence-corrected chi connectivity index (χ3v) is 5.07. The summed E-state index contributed by atoms with van der Waals surface area (Å²) < 4.78 is 7.82. The zero-order chi connectivity index (χ0) is 20.5. The van der Waals surface area contributed by atoms with Gasteiger partial charge in [-0.05, 0) is 42.0 Å². The van der Waals surface area contributed by atoms with Crippen LogP contribution in [-0.4, -0.2) is 20.4 Å². The molecule has 6 nitrogen and oxygen atoms in total. The average molecular weight is 396 g/mol. The molecule has 0 saturated heterocycles. The molecule has 2 aromatic heterocycles. The van der Waals surface area contributed by atoms with Crippen LogP contribution in [0.2, 0.25) is 0 Å². The standard InChI is InChI=1S/C24H20N4O2/c1-28-15-25-21-12-18(8-10-23(21)28)26-24(29)22-11-17-7-9-19(13-20(17)27-22)30-14-16-5-3-2-4-6-16/h2-13,15,27H,14H2,1H3,(H,26,29). The van der Waals surface area contributed by atoms with Gasteiger partial charge in [-0.1, -0.05) is 30.3 Å². The molecule has 0 bridgehead atoms. The molecule has 1 amide bonds. The number of aromatic nitrogens is 3. The van der Waals surface area contributed by atoms with Crippen molar-refractivity contribution in [2.45, 2.75) is 6.61 Å². The molecular weight excluding hydrogens is 376 g/mol. The van der Waals surface area contributed by atoms with Crippen LogP contribution in [0.25, 0.3) is 21.9 Å². The molecule has 0 unspecified atom stereocenters. The van der Waals surface area contributed by atoms with Gasteiger partial charge in [-0.3, -0.25) is 4.79 Å². The van der Waals surface area contributed by atoms with E-state index in [1.54, 1.807) is 6.33 Å². The Bertz CT molecular complexity index is 1350. The molecule has 0 aliphatic carbocycles. The van der Waals surface area contributed by atoms with Gasteiger partial charge < -0.3 is 19.6 Å². The second kappa shape index (κ2) is 7.40. The SMILES string of the molecule is Cn1cnc2cc(NC(=O)c3cc4ccc(OCc5ccccc5)cc4[nH]3)ccc21. The van der Waals surface area contributed by atoms with Crippen LogP contribution >= 0.6 is 0 Å². The van der Waals surface area contributed by atoms with Gasteiger partial charge in [0.05, 0.1) is 17.4 Å². The first kappa shape index (κ1) is 18.0. The van der Waals surface area contributed by atoms with Crippen molar-refractivity contribution in [1.82, 2.24) is 14.5 Å². The Morgan fingerprint density at radius 1 is 1.07 bits per heavy atom. The fourth-order valence-electron chi connectivity index (χ4n) is 3.47. The van der Waals surface area contributed by atoms with Gasteiger partial charge in [-0.25, -0.2) is 4.98 Å². The van der Waals surface area contributed by atoms with Gasteiger partial charge in [0.25, 0.3) is 5.91 Å². The fraction of sp³-hybridized carbons (Fsp3) is 0.0833. The average Bonchev–Trinajstić information content (AvgIpc) is 3.36. The maximum atomic E-state index is 12.7. The van der Waals surface area contributed by atoms with Gasteiger partial charge in [0.2, 0.25) is 0 Å². The molecule has 0 spiro atoms. The number of hydrogen-bond acceptors (Lipinski definition) is 3. The van der Waals surface area contributed by atoms with Crippen LogP contribution < -0.4 is 10.1 Å². The van der Waals surface area contributed by atoms with E-state index in [9.17, 15) is 4.79 Å². The first-order chi connectivity index (χ1) is 14.7. The number of hydrogen-bond donors (Lipinski definition) is 2. The number of nitrogens with zero attached hydrogens (tertiary/aromatic N) is 2. The first-order valence-corrected chi connectivity index (χ1v) is 9.68. The van der Waals surface area contributed by atoms with Gasteiger partial charge in [0.1, 0.15) is 18.1 Å². The lowest BCUT2D eigenvalue weighted by atomic mass is 10.2. The monoisotopic (exact) mass is 396 g/mol. The molecule has 0 aliphatic rings. The summed E-state index contributed by atoms with van der Waals surface area (Å²) in [5, 5.41) is 3.88. The second-order valence-electron chi connectivity index (χ2n) is 7.22. The molecule has 5 rings (SSSR count). The van der Waals surface area contributed by atoms with Gasteiger partial charge in [-0.2, -0.15) is 0 Å². The van der Waals surface area contributed by atoms with Gasteiger partial charge in [-0.15, -0.1) is 0 Å². The van der Waals surface area contributed by atoms with Crippen LogP contribution in [0.3, 0.4) is 0 Å². The highest BCUT2D eigenvalue weighted by Crippen LogP contribution is 2.23. The Balaban J connectivity index is 1.32. The largest absolute Gasteiger partial charge is 0.489 e. The number of anilines is 1. The fourth-order valence-corrected chi connectivity index (χ4v) is 3.47. The van der Waals surface area contributed by atoms with Crippen molar-refractivity contribution in [3.8, 4) is 5.75 Å². The van der Waals surface area contributed by atoms with Crippen molar-refractivity contribution < 1.29 is 9.53 Å². The number of ether oxygens (including phenoxy) is 1. The molecule has 0 aliphatic heterocycles. The Morgan fingerprint density at radius 2 is 1.93 bits per heavy atom. The van der Waals surface area contributed by atoms with Gasteiger partial charge in [0, 0.05) is 29.7 Å². The van der Waals surface area contributed by atoms with E-state index < -0.39 is 0 Å². The van der Waals surface area contributed by atoms with Crippen molar-refractivity contribution in [2.75, 3.05) is 5.32 Å². The van der Waals surface area contributed by atoms with Crippen LogP contribution in [0, 0.1) is 0 Å². The lowest BCUT2D eigenvalue weighted by molar-refractivity contribution is 0.102. The molecule has 2 N–H and O–H groups in total. The molecule has 0 radical (unpaired) electrons. The lowest BCUT2D eigenvalue weighted by Gasteiger charge is -2.06. The molecule has 3 aromatic carbocycles. The van der Waals surface area contributed by atoms with Crippen LogP contribution in [0.4, 0.5) is 5.69 Å². The van der Waals surface area contributed by atoms with Crippen LogP contribution in [-0.2, 0) is 13.7 Å². The third kappa shape index (κ3) is 3.51. The normalized spacial score (nSPS) is 11.1. The van der Waals surface area contributed by atoms with Crippen molar-refractivity contribution in [3.05, 3.63) is 90.4 Å². The van der Waals surface area contributed by atoms with E-state index in [1.165, 1.54) is 0 Å². The molecular formula is C24H20N4O2. The number of H-pyrrole nitrogens is 1. The number of carbonyl (C=O) groups excluding carboxylic acids is 1. The van der Waals surface area contributed by atoms with Crippen LogP contribution in [0.5, 0.6) is 5.75 Å². The summed E-state index contributed by atoms with van der Waals surface area (Å²) in [6, 6.07) is 23.3. The Hall–Kier alpha value is -4.06. The number of imidazole rings is 1. The number of nitrogens with one attached hydrogen (secondary N) is 2. The van der Waals surface area contributed by atoms with Crippen LogP contribution in [0.15, 0.2) is 79.1 Å². The van der Waals surface area contributed by atoms with Crippen molar-refractivity contribution in [2.24, 2.45) is 7.05 Å². The minimum atomic E-state index is -0.201. The maximum absolute atomic E-state index is 12.7. The van der Waals surface area contributed by atoms with E-state index in [0.29, 0.717) is 18.0 Å². The van der Waals surface area contributed by atoms with E-state index in [-0.39, 0.29) is 5.91 Å². The predicted molar refractivity (Wildman–Crippen MR) is 118 cm³/mol. The second-order valence-corrected chi connectivity index (χ2v) is 7.22. The Kier molecular flexibility index (Phi) is 4.44. The zero-order valence-corrected chi connectivity index (χ0v) is 16.4. The maximum Gasteiger partial charge on any atom is 0.272 e. The summed E-state index contributed by atoms with van der Waals surface area (Å²) in [6.07, 6.45) is 1.76. The van der Waals surface area contributed by atoms with Crippen molar-refractivity contribution in [3.63, 3.8) is 0 Å². The van der Waals surface area contributed by atoms with E-state index in [0.717, 1.165) is 33.2 Å². The number of aromatic amines is 1. The summed E-state index contributed by atoms with van der Waals surface area (Å²) in [6.45, 7) is 0.496. The summed E-state index contributed by atoms with van der Waals surface area (Å²) in [5.74, 6) is 0.550. The minimum Gasteiger partial charge on any atom is -0.489 e. The molecule has 0 atom stereocenters. The Morgan fingerprint density at radius 3 is 2.80 bits per heavy atom. The lowest BCUT2D eigenvalue weighted by Crippen LogP contribution is -2.12. The highest BCUT2D eigenvalue weighted by molar-refractivity contribution is 6.06. The first-order valence-electron chi connectivity index (χ1n) is 9.68. The number of rotatable bonds is 5. The Labute approximate surface area is 173 Å². The molecule has 6 heteroatoms. The predicted octanol–water partition coefficient (Wildman–Crippen LogP) is 4.89. The highest BCUT2D eigenvalue weighted by Gasteiger charge is 2.11. The van der Waals surface area contributed by atoms with E-state index in [1.807, 2.05) is 84.4 Å². The smallest absolute Gasteiger partial charge is 0.272 e. The third-order valence-electron chi connectivity index (χ3n) is 5.07. The summed E-state index contributed by atoms with van der Waals surface area (Å²) in [7, 11) is 1.94. The number of fused-ring (bicyclic) bond motifs is 2.